The van der Waals surface area contributed by atoms with Crippen LogP contribution in [0.4, 0.5) is 5.69 Å². The third-order valence-corrected chi connectivity index (χ3v) is 4.69. The summed E-state index contributed by atoms with van der Waals surface area (Å²) in [5, 5.41) is 4.12. The van der Waals surface area contributed by atoms with Crippen molar-refractivity contribution >= 4 is 34.7 Å². The number of carbonyl (C=O) groups is 1. The molecule has 4 rings (SSSR count). The van der Waals surface area contributed by atoms with Crippen LogP contribution in [0.25, 0.3) is 16.6 Å². The smallest absolute Gasteiger partial charge is 0.244 e. The summed E-state index contributed by atoms with van der Waals surface area (Å²) < 4.78 is 4.49. The third kappa shape index (κ3) is 3.07. The van der Waals surface area contributed by atoms with Crippen LogP contribution in [-0.2, 0) is 11.3 Å². The van der Waals surface area contributed by atoms with E-state index >= 15 is 0 Å². The Labute approximate surface area is 155 Å². The highest BCUT2D eigenvalue weighted by Crippen LogP contribution is 2.20. The molecule has 2 N–H and O–H groups in total. The monoisotopic (exact) mass is 362 g/mol. The summed E-state index contributed by atoms with van der Waals surface area (Å²) in [6.45, 7) is 2.29. The number of carbonyl (C=O) groups excluding carboxylic acids is 1. The summed E-state index contributed by atoms with van der Waals surface area (Å²) in [6, 6.07) is 17.8. The van der Waals surface area contributed by atoms with Crippen LogP contribution in [0.3, 0.4) is 0 Å². The van der Waals surface area contributed by atoms with Gasteiger partial charge in [-0.1, -0.05) is 24.3 Å². The maximum absolute atomic E-state index is 12.6. The van der Waals surface area contributed by atoms with Gasteiger partial charge in [0.05, 0.1) is 0 Å². The van der Waals surface area contributed by atoms with Crippen LogP contribution in [-0.4, -0.2) is 20.0 Å². The van der Waals surface area contributed by atoms with E-state index in [0.717, 1.165) is 28.0 Å². The number of para-hydroxylation sites is 1. The normalized spacial score (nSPS) is 11.0. The zero-order chi connectivity index (χ0) is 18.1. The number of hydrogen-bond donors (Lipinski definition) is 2. The van der Waals surface area contributed by atoms with E-state index in [4.69, 9.17) is 12.2 Å². The van der Waals surface area contributed by atoms with Gasteiger partial charge in [0.25, 0.3) is 0 Å². The molecular weight excluding hydrogens is 344 g/mol. The minimum Gasteiger partial charge on any atom is -0.337 e. The lowest BCUT2D eigenvalue weighted by Crippen LogP contribution is -2.19. The summed E-state index contributed by atoms with van der Waals surface area (Å²) in [7, 11) is 0. The average Bonchev–Trinajstić information content (AvgIpc) is 3.19. The van der Waals surface area contributed by atoms with Crippen molar-refractivity contribution in [2.45, 2.75) is 13.5 Å². The Kier molecular flexibility index (Phi) is 4.18. The predicted octanol–water partition coefficient (Wildman–Crippen LogP) is 4.44. The Bertz CT molecular complexity index is 1150. The van der Waals surface area contributed by atoms with Gasteiger partial charge in [0.1, 0.15) is 6.54 Å². The molecule has 0 saturated heterocycles. The molecule has 0 spiro atoms. The van der Waals surface area contributed by atoms with Gasteiger partial charge in [-0.3, -0.25) is 9.36 Å². The molecular formula is C20H18N4OS. The zero-order valence-electron chi connectivity index (χ0n) is 14.3. The number of aryl methyl sites for hydroxylation is 1. The molecule has 2 heterocycles. The van der Waals surface area contributed by atoms with Gasteiger partial charge in [0.2, 0.25) is 5.91 Å². The second-order valence-corrected chi connectivity index (χ2v) is 6.55. The van der Waals surface area contributed by atoms with Crippen molar-refractivity contribution in [3.8, 4) is 5.69 Å². The van der Waals surface area contributed by atoms with Crippen LogP contribution < -0.4 is 5.32 Å². The summed E-state index contributed by atoms with van der Waals surface area (Å²) in [6.07, 6.45) is 3.64. The summed E-state index contributed by atoms with van der Waals surface area (Å²) >= 11 is 5.25. The first-order chi connectivity index (χ1) is 12.6. The molecule has 0 aliphatic heterocycles. The number of nitrogens with zero attached hydrogens (tertiary/aromatic N) is 2. The van der Waals surface area contributed by atoms with E-state index in [9.17, 15) is 4.79 Å². The van der Waals surface area contributed by atoms with Gasteiger partial charge < -0.3 is 14.9 Å². The molecule has 26 heavy (non-hydrogen) atoms. The van der Waals surface area contributed by atoms with Crippen LogP contribution >= 0.6 is 12.2 Å². The van der Waals surface area contributed by atoms with E-state index in [-0.39, 0.29) is 12.5 Å². The summed E-state index contributed by atoms with van der Waals surface area (Å²) in [4.78, 5) is 15.5. The summed E-state index contributed by atoms with van der Waals surface area (Å²) in [5.74, 6) is -0.0655. The number of H-pyrrole nitrogens is 1. The molecule has 1 amide bonds. The molecule has 5 nitrogen and oxygen atoms in total. The Morgan fingerprint density at radius 1 is 1.15 bits per heavy atom. The van der Waals surface area contributed by atoms with Crippen LogP contribution in [0.1, 0.15) is 5.69 Å². The maximum atomic E-state index is 12.6. The largest absolute Gasteiger partial charge is 0.337 e. The SMILES string of the molecule is Cc1cc2ccccc2n1CC(=O)Nc1cccc(-n2cc[nH]c2=S)c1. The first-order valence-corrected chi connectivity index (χ1v) is 8.74. The van der Waals surface area contributed by atoms with Gasteiger partial charge in [-0.2, -0.15) is 0 Å². The van der Waals surface area contributed by atoms with E-state index in [0.29, 0.717) is 4.77 Å². The Morgan fingerprint density at radius 3 is 2.81 bits per heavy atom. The fourth-order valence-corrected chi connectivity index (χ4v) is 3.39. The van der Waals surface area contributed by atoms with Gasteiger partial charge in [-0.15, -0.1) is 0 Å². The quantitative estimate of drug-likeness (QED) is 0.528. The molecule has 0 fully saturated rings. The van der Waals surface area contributed by atoms with Gasteiger partial charge in [-0.05, 0) is 54.9 Å². The van der Waals surface area contributed by atoms with Gasteiger partial charge in [-0.25, -0.2) is 0 Å². The molecule has 0 saturated carbocycles. The predicted molar refractivity (Wildman–Crippen MR) is 106 cm³/mol. The van der Waals surface area contributed by atoms with E-state index in [2.05, 4.69) is 22.4 Å². The number of fused-ring (bicyclic) bond motifs is 1. The highest BCUT2D eigenvalue weighted by Gasteiger charge is 2.10. The van der Waals surface area contributed by atoms with Crippen molar-refractivity contribution in [3.05, 3.63) is 77.5 Å². The van der Waals surface area contributed by atoms with Crippen molar-refractivity contribution in [2.75, 3.05) is 5.32 Å². The Balaban J connectivity index is 1.56. The fourth-order valence-electron chi connectivity index (χ4n) is 3.16. The van der Waals surface area contributed by atoms with Gasteiger partial charge >= 0.3 is 0 Å². The first kappa shape index (κ1) is 16.4. The molecule has 0 aliphatic rings. The standard InChI is InChI=1S/C20H18N4OS/c1-14-11-15-5-2-3-8-18(15)24(14)13-19(25)22-16-6-4-7-17(12-16)23-10-9-21-20(23)26/h2-12H,13H2,1H3,(H,21,26)(H,22,25). The van der Waals surface area contributed by atoms with Crippen LogP contribution in [0.2, 0.25) is 0 Å². The van der Waals surface area contributed by atoms with Crippen LogP contribution in [0, 0.1) is 11.7 Å². The van der Waals surface area contributed by atoms with Gasteiger partial charge in [0.15, 0.2) is 4.77 Å². The van der Waals surface area contributed by atoms with E-state index in [1.165, 1.54) is 0 Å². The van der Waals surface area contributed by atoms with Crippen molar-refractivity contribution in [1.82, 2.24) is 14.1 Å². The third-order valence-electron chi connectivity index (χ3n) is 4.38. The molecule has 0 aliphatic carbocycles. The summed E-state index contributed by atoms with van der Waals surface area (Å²) in [5.41, 5.74) is 3.77. The molecule has 130 valence electrons. The Hall–Kier alpha value is -3.12. The minimum atomic E-state index is -0.0655. The van der Waals surface area contributed by atoms with Crippen LogP contribution in [0.15, 0.2) is 67.0 Å². The number of nitrogens with one attached hydrogen (secondary N) is 2. The van der Waals surface area contributed by atoms with Crippen molar-refractivity contribution < 1.29 is 4.79 Å². The number of aromatic amines is 1. The first-order valence-electron chi connectivity index (χ1n) is 8.33. The molecule has 4 aromatic rings. The van der Waals surface area contributed by atoms with Gasteiger partial charge in [0, 0.05) is 35.0 Å². The Morgan fingerprint density at radius 2 is 2.00 bits per heavy atom. The number of rotatable bonds is 4. The number of amides is 1. The van der Waals surface area contributed by atoms with E-state index in [1.54, 1.807) is 6.20 Å². The maximum Gasteiger partial charge on any atom is 0.244 e. The number of hydrogen-bond acceptors (Lipinski definition) is 2. The van der Waals surface area contributed by atoms with Crippen molar-refractivity contribution in [3.63, 3.8) is 0 Å². The molecule has 0 radical (unpaired) electrons. The number of imidazole rings is 1. The van der Waals surface area contributed by atoms with Crippen molar-refractivity contribution in [1.29, 1.82) is 0 Å². The highest BCUT2D eigenvalue weighted by atomic mass is 32.1. The second kappa shape index (κ2) is 6.65. The molecule has 0 unspecified atom stereocenters. The van der Waals surface area contributed by atoms with Crippen LogP contribution in [0.5, 0.6) is 0 Å². The topological polar surface area (TPSA) is 54.8 Å². The highest BCUT2D eigenvalue weighted by molar-refractivity contribution is 7.71. The molecule has 2 aromatic carbocycles. The molecule has 2 aromatic heterocycles. The molecule has 0 bridgehead atoms. The minimum absolute atomic E-state index is 0.0655. The lowest BCUT2D eigenvalue weighted by atomic mass is 10.2. The van der Waals surface area contributed by atoms with Crippen molar-refractivity contribution in [2.24, 2.45) is 0 Å². The lowest BCUT2D eigenvalue weighted by Gasteiger charge is -2.11. The average molecular weight is 362 g/mol. The number of benzene rings is 2. The molecule has 0 atom stereocenters. The van der Waals surface area contributed by atoms with E-state index in [1.807, 2.05) is 64.7 Å². The second-order valence-electron chi connectivity index (χ2n) is 6.16. The molecule has 6 heteroatoms. The zero-order valence-corrected chi connectivity index (χ0v) is 15.1. The number of anilines is 1. The lowest BCUT2D eigenvalue weighted by molar-refractivity contribution is -0.116. The number of aromatic nitrogens is 3. The van der Waals surface area contributed by atoms with E-state index < -0.39 is 0 Å². The fraction of sp³-hybridized carbons (Fsp3) is 0.100.